The van der Waals surface area contributed by atoms with Crippen molar-refractivity contribution in [1.82, 2.24) is 10.6 Å². The number of hydrogen-bond donors (Lipinski definition) is 14. The molecule has 0 aromatic rings. The van der Waals surface area contributed by atoms with Gasteiger partial charge < -0.3 is 100 Å². The highest BCUT2D eigenvalue weighted by Crippen LogP contribution is 2.38. The van der Waals surface area contributed by atoms with Crippen LogP contribution in [0.3, 0.4) is 0 Å². The number of aliphatic carboxylic acids is 1. The number of allylic oxidation sites excluding steroid dienone is 3. The summed E-state index contributed by atoms with van der Waals surface area (Å²) in [6.45, 7) is 2.06. The lowest BCUT2D eigenvalue weighted by Crippen LogP contribution is -2.70. The summed E-state index contributed by atoms with van der Waals surface area (Å²) in [6.07, 6.45) is 5.34. The lowest BCUT2D eigenvalue weighted by molar-refractivity contribution is -0.386. The van der Waals surface area contributed by atoms with E-state index in [4.69, 9.17) is 28.4 Å². The number of ether oxygens (including phenoxy) is 6. The van der Waals surface area contributed by atoms with Crippen molar-refractivity contribution in [3.8, 4) is 0 Å². The fourth-order valence-corrected chi connectivity index (χ4v) is 10.5. The molecule has 2 amide bonds. The number of rotatable bonds is 43. The van der Waals surface area contributed by atoms with E-state index in [0.29, 0.717) is 12.8 Å². The van der Waals surface area contributed by atoms with Crippen molar-refractivity contribution in [3.63, 3.8) is 0 Å². The van der Waals surface area contributed by atoms with Gasteiger partial charge in [-0.1, -0.05) is 147 Å². The molecule has 0 spiro atoms. The molecule has 0 saturated carbocycles. The molecule has 3 aliphatic heterocycles. The van der Waals surface area contributed by atoms with Gasteiger partial charge in [-0.05, 0) is 44.9 Å². The zero-order valence-electron chi connectivity index (χ0n) is 48.4. The molecule has 0 radical (unpaired) electrons. The first-order valence-electron chi connectivity index (χ1n) is 30.2. The summed E-state index contributed by atoms with van der Waals surface area (Å²) < 4.78 is 34.6. The Balaban J connectivity index is 1.68. The van der Waals surface area contributed by atoms with E-state index in [1.54, 1.807) is 6.08 Å². The second-order valence-corrected chi connectivity index (χ2v) is 22.2. The minimum absolute atomic E-state index is 0.190. The molecule has 3 saturated heterocycles. The van der Waals surface area contributed by atoms with Gasteiger partial charge in [0.25, 0.3) is 5.79 Å². The first kappa shape index (κ1) is 72.5. The zero-order valence-corrected chi connectivity index (χ0v) is 48.4. The summed E-state index contributed by atoms with van der Waals surface area (Å²) in [7, 11) is 0. The number of nitrogens with one attached hydrogen (secondary N) is 2. The van der Waals surface area contributed by atoms with Crippen molar-refractivity contribution in [2.45, 2.75) is 298 Å². The van der Waals surface area contributed by atoms with Gasteiger partial charge >= 0.3 is 5.97 Å². The largest absolute Gasteiger partial charge is 0.477 e. The molecule has 23 nitrogen and oxygen atoms in total. The summed E-state index contributed by atoms with van der Waals surface area (Å²) >= 11 is 0. The predicted octanol–water partition coefficient (Wildman–Crippen LogP) is 2.55. The molecular formula is C58H104N2O21. The first-order chi connectivity index (χ1) is 38.9. The molecule has 3 aliphatic rings. The van der Waals surface area contributed by atoms with Gasteiger partial charge in [-0.3, -0.25) is 9.59 Å². The summed E-state index contributed by atoms with van der Waals surface area (Å²) in [5, 5.41) is 135. The van der Waals surface area contributed by atoms with E-state index < -0.39 is 155 Å². The van der Waals surface area contributed by atoms with Crippen LogP contribution in [-0.2, 0) is 42.8 Å². The quantitative estimate of drug-likeness (QED) is 0.0308. The number of amides is 2. The van der Waals surface area contributed by atoms with Gasteiger partial charge in [0.2, 0.25) is 11.8 Å². The van der Waals surface area contributed by atoms with E-state index in [2.05, 4.69) is 36.6 Å². The van der Waals surface area contributed by atoms with Crippen molar-refractivity contribution in [2.75, 3.05) is 26.4 Å². The van der Waals surface area contributed by atoms with Crippen molar-refractivity contribution in [3.05, 3.63) is 24.3 Å². The molecule has 14 N–H and O–H groups in total. The number of hydrogen-bond acceptors (Lipinski definition) is 20. The third-order valence-electron chi connectivity index (χ3n) is 15.4. The smallest absolute Gasteiger partial charge is 0.364 e. The topological polar surface area (TPSA) is 373 Å². The molecule has 3 rings (SSSR count). The molecule has 18 unspecified atom stereocenters. The minimum Gasteiger partial charge on any atom is -0.477 e. The zero-order chi connectivity index (χ0) is 59.7. The third-order valence-corrected chi connectivity index (χ3v) is 15.4. The number of unbranched alkanes of at least 4 members (excludes halogenated alkanes) is 21. The Labute approximate surface area is 479 Å². The maximum absolute atomic E-state index is 13.3. The third kappa shape index (κ3) is 25.0. The number of aliphatic hydroxyl groups excluding tert-OH is 11. The van der Waals surface area contributed by atoms with Crippen molar-refractivity contribution >= 4 is 17.8 Å². The predicted molar refractivity (Wildman–Crippen MR) is 297 cm³/mol. The number of carboxylic acids is 1. The van der Waals surface area contributed by atoms with E-state index >= 15 is 0 Å². The van der Waals surface area contributed by atoms with Crippen molar-refractivity contribution in [1.29, 1.82) is 0 Å². The molecule has 0 aliphatic carbocycles. The summed E-state index contributed by atoms with van der Waals surface area (Å²) in [5.41, 5.74) is 0. The van der Waals surface area contributed by atoms with Crippen LogP contribution in [0.15, 0.2) is 24.3 Å². The number of carbonyl (C=O) groups excluding carboxylic acids is 2. The highest BCUT2D eigenvalue weighted by atomic mass is 16.8. The van der Waals surface area contributed by atoms with E-state index in [9.17, 15) is 75.7 Å². The second-order valence-electron chi connectivity index (χ2n) is 22.2. The monoisotopic (exact) mass is 1160 g/mol. The summed E-state index contributed by atoms with van der Waals surface area (Å²) in [6, 6.07) is -2.62. The molecule has 0 bridgehead atoms. The van der Waals surface area contributed by atoms with Gasteiger partial charge in [0.1, 0.15) is 67.1 Å². The van der Waals surface area contributed by atoms with E-state index in [0.717, 1.165) is 64.7 Å². The van der Waals surface area contributed by atoms with Crippen molar-refractivity contribution < 1.29 is 104 Å². The highest BCUT2D eigenvalue weighted by molar-refractivity contribution is 5.77. The fourth-order valence-electron chi connectivity index (χ4n) is 10.5. The molecule has 0 aromatic carbocycles. The molecule has 3 fully saturated rings. The Morgan fingerprint density at radius 2 is 1.16 bits per heavy atom. The Morgan fingerprint density at radius 1 is 0.642 bits per heavy atom. The maximum Gasteiger partial charge on any atom is 0.364 e. The van der Waals surface area contributed by atoms with Gasteiger partial charge in [-0.15, -0.1) is 0 Å². The van der Waals surface area contributed by atoms with Gasteiger partial charge in [0.05, 0.1) is 50.7 Å². The van der Waals surface area contributed by atoms with Gasteiger partial charge in [0.15, 0.2) is 12.6 Å². The summed E-state index contributed by atoms with van der Waals surface area (Å²) in [4.78, 5) is 38.3. The lowest BCUT2D eigenvalue weighted by atomic mass is 9.88. The fraction of sp³-hybridized carbons (Fsp3) is 0.879. The standard InChI is InChI=1S/C58H104N2O21/c1-4-6-8-10-12-14-16-18-20-22-24-26-28-30-32-45(68)60-39(40(65)31-29-27-25-23-21-19-17-15-13-11-9-7-5-2)37-76-55-50(72)49(71)52(44(36-63)78-55)79-56-51(73)54(48(70)43(35-62)77-56)81-58(57(74)75)33-41(66)46(59-38(3)64)53(80-58)47(69)42(67)34-61/h16,18,29,31,39-44,46-56,61-63,65-67,69-73H,4-15,17,19-28,30,32-37H2,1-3H3,(H,59,64)(H,60,68)(H,74,75). The Kier molecular flexibility index (Phi) is 36.2. The molecule has 3 heterocycles. The normalized spacial score (nSPS) is 30.6. The van der Waals surface area contributed by atoms with Crippen molar-refractivity contribution in [2.24, 2.45) is 0 Å². The van der Waals surface area contributed by atoms with Gasteiger partial charge in [0, 0.05) is 19.8 Å². The Morgan fingerprint density at radius 3 is 1.68 bits per heavy atom. The van der Waals surface area contributed by atoms with E-state index in [1.807, 2.05) is 6.08 Å². The average Bonchev–Trinajstić information content (AvgIpc) is 3.44. The SMILES string of the molecule is CCCCCCCC=CCCCCCCCC(=O)NC(COC1OC(CO)C(OC2OC(CO)C(O)C(OC3(C(=O)O)CC(O)C(NC(C)=O)C(C(O)C(O)CO)O3)C2O)C(O)C1O)C(O)C=CCCCCCCCCCCCCC. The molecule has 81 heavy (non-hydrogen) atoms. The highest BCUT2D eigenvalue weighted by Gasteiger charge is 2.60. The van der Waals surface area contributed by atoms with E-state index in [1.165, 1.54) is 83.5 Å². The average molecular weight is 1170 g/mol. The van der Waals surface area contributed by atoms with Crippen LogP contribution in [-0.4, -0.2) is 215 Å². The molecule has 18 atom stereocenters. The van der Waals surface area contributed by atoms with Crippen LogP contribution in [0.1, 0.15) is 188 Å². The first-order valence-corrected chi connectivity index (χ1v) is 30.2. The van der Waals surface area contributed by atoms with Crippen LogP contribution < -0.4 is 10.6 Å². The van der Waals surface area contributed by atoms with Crippen LogP contribution in [0, 0.1) is 0 Å². The van der Waals surface area contributed by atoms with Crippen LogP contribution in [0.25, 0.3) is 0 Å². The summed E-state index contributed by atoms with van der Waals surface area (Å²) in [5.74, 6) is -6.16. The van der Waals surface area contributed by atoms with Crippen LogP contribution in [0.5, 0.6) is 0 Å². The van der Waals surface area contributed by atoms with Crippen LogP contribution in [0.2, 0.25) is 0 Å². The number of carboxylic acid groups (broad SMARTS) is 1. The molecule has 472 valence electrons. The Bertz CT molecular complexity index is 1770. The van der Waals surface area contributed by atoms with Crippen LogP contribution >= 0.6 is 0 Å². The van der Waals surface area contributed by atoms with E-state index in [-0.39, 0.29) is 12.3 Å². The molecule has 23 heteroatoms. The molecular weight excluding hydrogens is 1060 g/mol. The maximum atomic E-state index is 13.3. The van der Waals surface area contributed by atoms with Crippen LogP contribution in [0.4, 0.5) is 0 Å². The lowest BCUT2D eigenvalue weighted by Gasteiger charge is -2.50. The second kappa shape index (κ2) is 40.5. The number of aliphatic hydroxyl groups is 11. The number of carbonyl (C=O) groups is 3. The van der Waals surface area contributed by atoms with Gasteiger partial charge in [-0.25, -0.2) is 4.79 Å². The minimum atomic E-state index is -3.08. The Hall–Kier alpha value is -2.79. The molecule has 0 aromatic heterocycles. The van der Waals surface area contributed by atoms with Gasteiger partial charge in [-0.2, -0.15) is 0 Å².